The molecule has 1 aliphatic carbocycles. The van der Waals surface area contributed by atoms with Gasteiger partial charge in [-0.15, -0.1) is 0 Å². The van der Waals surface area contributed by atoms with Gasteiger partial charge in [0.15, 0.2) is 0 Å². The molecule has 0 aliphatic heterocycles. The molecule has 1 saturated carbocycles. The average Bonchev–Trinajstić information content (AvgIpc) is 2.65. The molecular weight excluding hydrogens is 208 g/mol. The first-order valence-corrected chi connectivity index (χ1v) is 6.99. The lowest BCUT2D eigenvalue weighted by Crippen LogP contribution is -2.25. The third kappa shape index (κ3) is 4.12. The van der Waals surface area contributed by atoms with E-state index >= 15 is 0 Å². The van der Waals surface area contributed by atoms with Crippen LogP contribution in [0.2, 0.25) is 0 Å². The van der Waals surface area contributed by atoms with E-state index in [0.717, 1.165) is 5.92 Å². The molecule has 0 aromatic carbocycles. The molecule has 0 bridgehead atoms. The Labute approximate surface area is 105 Å². The molecule has 1 aliphatic rings. The van der Waals surface area contributed by atoms with Gasteiger partial charge in [0.1, 0.15) is 0 Å². The fourth-order valence-corrected chi connectivity index (χ4v) is 2.68. The lowest BCUT2D eigenvalue weighted by atomic mass is 9.99. The molecule has 17 heavy (non-hydrogen) atoms. The first kappa shape index (κ1) is 12.6. The molecular formula is C15H24N2. The van der Waals surface area contributed by atoms with Crippen LogP contribution in [0.5, 0.6) is 0 Å². The van der Waals surface area contributed by atoms with Crippen molar-refractivity contribution in [1.29, 1.82) is 0 Å². The topological polar surface area (TPSA) is 24.9 Å². The van der Waals surface area contributed by atoms with Crippen LogP contribution in [0.4, 0.5) is 0 Å². The third-order valence-corrected chi connectivity index (χ3v) is 3.89. The molecule has 0 spiro atoms. The average molecular weight is 232 g/mol. The van der Waals surface area contributed by atoms with Crippen LogP contribution in [0, 0.1) is 5.92 Å². The molecule has 94 valence electrons. The van der Waals surface area contributed by atoms with E-state index in [-0.39, 0.29) is 0 Å². The van der Waals surface area contributed by atoms with E-state index < -0.39 is 0 Å². The Morgan fingerprint density at radius 2 is 1.82 bits per heavy atom. The second-order valence-electron chi connectivity index (χ2n) is 5.27. The minimum absolute atomic E-state index is 0.446. The minimum Gasteiger partial charge on any atom is -0.310 e. The van der Waals surface area contributed by atoms with Crippen molar-refractivity contribution in [1.82, 2.24) is 10.3 Å². The van der Waals surface area contributed by atoms with Crippen molar-refractivity contribution in [3.05, 3.63) is 30.1 Å². The van der Waals surface area contributed by atoms with E-state index in [9.17, 15) is 0 Å². The summed E-state index contributed by atoms with van der Waals surface area (Å²) in [5.41, 5.74) is 1.34. The number of nitrogens with one attached hydrogen (secondary N) is 1. The molecule has 1 N–H and O–H groups in total. The summed E-state index contributed by atoms with van der Waals surface area (Å²) < 4.78 is 0. The summed E-state index contributed by atoms with van der Waals surface area (Å²) >= 11 is 0. The van der Waals surface area contributed by atoms with Crippen LogP contribution < -0.4 is 5.32 Å². The largest absolute Gasteiger partial charge is 0.310 e. The lowest BCUT2D eigenvalue weighted by molar-refractivity contribution is 0.403. The third-order valence-electron chi connectivity index (χ3n) is 3.89. The predicted molar refractivity (Wildman–Crippen MR) is 71.8 cm³/mol. The molecule has 0 saturated heterocycles. The van der Waals surface area contributed by atoms with E-state index in [1.807, 2.05) is 12.4 Å². The second kappa shape index (κ2) is 6.75. The molecule has 2 nitrogen and oxygen atoms in total. The smallest absolute Gasteiger partial charge is 0.0293 e. The van der Waals surface area contributed by atoms with Gasteiger partial charge in [-0.1, -0.05) is 25.7 Å². The molecule has 1 aromatic rings. The van der Waals surface area contributed by atoms with Crippen LogP contribution in [-0.2, 0) is 0 Å². The maximum absolute atomic E-state index is 4.06. The summed E-state index contributed by atoms with van der Waals surface area (Å²) in [6.07, 6.45) is 12.3. The molecule has 1 heterocycles. The van der Waals surface area contributed by atoms with Crippen molar-refractivity contribution in [3.63, 3.8) is 0 Å². The zero-order valence-corrected chi connectivity index (χ0v) is 10.9. The number of hydrogen-bond donors (Lipinski definition) is 1. The van der Waals surface area contributed by atoms with Crippen molar-refractivity contribution < 1.29 is 0 Å². The maximum atomic E-state index is 4.06. The van der Waals surface area contributed by atoms with Crippen molar-refractivity contribution in [3.8, 4) is 0 Å². The molecule has 0 radical (unpaired) electrons. The Balaban J connectivity index is 1.77. The van der Waals surface area contributed by atoms with Gasteiger partial charge in [0.25, 0.3) is 0 Å². The number of pyridine rings is 1. The Hall–Kier alpha value is -0.890. The summed E-state index contributed by atoms with van der Waals surface area (Å²) in [6, 6.07) is 4.65. The van der Waals surface area contributed by atoms with Crippen molar-refractivity contribution in [2.45, 2.75) is 51.5 Å². The van der Waals surface area contributed by atoms with Crippen LogP contribution in [-0.4, -0.2) is 11.5 Å². The number of nitrogens with zero attached hydrogens (tertiary/aromatic N) is 1. The quantitative estimate of drug-likeness (QED) is 0.801. The van der Waals surface area contributed by atoms with E-state index in [1.165, 1.54) is 50.6 Å². The summed E-state index contributed by atoms with van der Waals surface area (Å²) in [5.74, 6) is 0.891. The van der Waals surface area contributed by atoms with Crippen LogP contribution in [0.15, 0.2) is 24.5 Å². The standard InChI is InChI=1S/C15H24N2/c1-13(15-8-10-16-11-9-15)17-12-14-6-4-2-3-5-7-14/h8-11,13-14,17H,2-7,12H2,1H3/t13-/m1/s1. The Kier molecular flexibility index (Phi) is 4.99. The van der Waals surface area contributed by atoms with Crippen LogP contribution >= 0.6 is 0 Å². The predicted octanol–water partition coefficient (Wildman–Crippen LogP) is 3.70. The van der Waals surface area contributed by atoms with Gasteiger partial charge in [-0.3, -0.25) is 4.98 Å². The zero-order chi connectivity index (χ0) is 11.9. The Bertz CT molecular complexity index is 302. The van der Waals surface area contributed by atoms with Gasteiger partial charge in [0.05, 0.1) is 0 Å². The molecule has 2 heteroatoms. The van der Waals surface area contributed by atoms with Gasteiger partial charge in [-0.05, 0) is 49.9 Å². The maximum Gasteiger partial charge on any atom is 0.0293 e. The van der Waals surface area contributed by atoms with Gasteiger partial charge in [-0.2, -0.15) is 0 Å². The SMILES string of the molecule is C[C@@H](NCC1CCCCCC1)c1ccncc1. The van der Waals surface area contributed by atoms with Crippen LogP contribution in [0.3, 0.4) is 0 Å². The van der Waals surface area contributed by atoms with Crippen molar-refractivity contribution in [2.75, 3.05) is 6.54 Å². The van der Waals surface area contributed by atoms with Crippen LogP contribution in [0.25, 0.3) is 0 Å². The highest BCUT2D eigenvalue weighted by atomic mass is 14.9. The van der Waals surface area contributed by atoms with Gasteiger partial charge in [0, 0.05) is 18.4 Å². The van der Waals surface area contributed by atoms with Crippen molar-refractivity contribution >= 4 is 0 Å². The highest BCUT2D eigenvalue weighted by molar-refractivity contribution is 5.13. The summed E-state index contributed by atoms with van der Waals surface area (Å²) in [4.78, 5) is 4.06. The summed E-state index contributed by atoms with van der Waals surface area (Å²) in [5, 5.41) is 3.67. The molecule has 1 aromatic heterocycles. The highest BCUT2D eigenvalue weighted by Gasteiger charge is 2.13. The van der Waals surface area contributed by atoms with Crippen molar-refractivity contribution in [2.24, 2.45) is 5.92 Å². The molecule has 2 rings (SSSR count). The molecule has 0 amide bonds. The van der Waals surface area contributed by atoms with Gasteiger partial charge < -0.3 is 5.32 Å². The zero-order valence-electron chi connectivity index (χ0n) is 10.9. The number of hydrogen-bond acceptors (Lipinski definition) is 2. The Morgan fingerprint density at radius 3 is 2.47 bits per heavy atom. The fraction of sp³-hybridized carbons (Fsp3) is 0.667. The van der Waals surface area contributed by atoms with E-state index in [2.05, 4.69) is 29.4 Å². The summed E-state index contributed by atoms with van der Waals surface area (Å²) in [6.45, 7) is 3.41. The first-order chi connectivity index (χ1) is 8.36. The first-order valence-electron chi connectivity index (χ1n) is 6.99. The van der Waals surface area contributed by atoms with E-state index in [1.54, 1.807) is 0 Å². The Morgan fingerprint density at radius 1 is 1.18 bits per heavy atom. The number of rotatable bonds is 4. The van der Waals surface area contributed by atoms with Crippen LogP contribution in [0.1, 0.15) is 57.1 Å². The highest BCUT2D eigenvalue weighted by Crippen LogP contribution is 2.23. The second-order valence-corrected chi connectivity index (χ2v) is 5.27. The van der Waals surface area contributed by atoms with Gasteiger partial charge >= 0.3 is 0 Å². The fourth-order valence-electron chi connectivity index (χ4n) is 2.68. The van der Waals surface area contributed by atoms with Gasteiger partial charge in [0.2, 0.25) is 0 Å². The minimum atomic E-state index is 0.446. The monoisotopic (exact) mass is 232 g/mol. The van der Waals surface area contributed by atoms with E-state index in [0.29, 0.717) is 6.04 Å². The molecule has 0 unspecified atom stereocenters. The van der Waals surface area contributed by atoms with E-state index in [4.69, 9.17) is 0 Å². The van der Waals surface area contributed by atoms with Gasteiger partial charge in [-0.25, -0.2) is 0 Å². The normalized spacial score (nSPS) is 19.8. The lowest BCUT2D eigenvalue weighted by Gasteiger charge is -2.19. The number of aromatic nitrogens is 1. The molecule has 1 atom stereocenters. The summed E-state index contributed by atoms with van der Waals surface area (Å²) in [7, 11) is 0. The molecule has 1 fully saturated rings.